The number of halogens is 1. The topological polar surface area (TPSA) is 82.8 Å². The van der Waals surface area contributed by atoms with E-state index in [2.05, 4.69) is 36.0 Å². The van der Waals surface area contributed by atoms with Crippen LogP contribution in [-0.4, -0.2) is 19.9 Å². The molecule has 0 amide bonds. The Labute approximate surface area is 136 Å². The predicted molar refractivity (Wildman–Crippen MR) is 86.9 cm³/mol. The van der Waals surface area contributed by atoms with Gasteiger partial charge in [-0.05, 0) is 31.7 Å². The molecule has 22 heavy (non-hydrogen) atoms. The number of nitrogens with two attached hydrogens (primary N) is 1. The summed E-state index contributed by atoms with van der Waals surface area (Å²) in [6.45, 7) is 7.07. The highest BCUT2D eigenvalue weighted by molar-refractivity contribution is 5.85. The summed E-state index contributed by atoms with van der Waals surface area (Å²) < 4.78 is 7.37. The summed E-state index contributed by atoms with van der Waals surface area (Å²) in [5.41, 5.74) is 7.88. The SMILES string of the molecule is CCn1nc(C(C)C)cc1-c1nc(C2(N)CCCC2)no1.Cl. The van der Waals surface area contributed by atoms with Gasteiger partial charge in [-0.2, -0.15) is 10.1 Å². The first-order valence-electron chi connectivity index (χ1n) is 7.74. The van der Waals surface area contributed by atoms with E-state index in [1.165, 1.54) is 0 Å². The zero-order chi connectivity index (χ0) is 15.0. The lowest BCUT2D eigenvalue weighted by atomic mass is 9.99. The van der Waals surface area contributed by atoms with Gasteiger partial charge in [-0.25, -0.2) is 0 Å². The second-order valence-corrected chi connectivity index (χ2v) is 6.21. The highest BCUT2D eigenvalue weighted by Gasteiger charge is 2.36. The standard InChI is InChI=1S/C15H23N5O.ClH/c1-4-20-12(9-11(18-20)10(2)3)13-17-14(19-21-13)15(16)7-5-6-8-15;/h9-10H,4-8,16H2,1-3H3;1H. The van der Waals surface area contributed by atoms with Gasteiger partial charge < -0.3 is 10.3 Å². The Hall–Kier alpha value is -1.40. The number of nitrogens with zero attached hydrogens (tertiary/aromatic N) is 4. The van der Waals surface area contributed by atoms with E-state index in [-0.39, 0.29) is 12.4 Å². The molecule has 6 nitrogen and oxygen atoms in total. The molecular formula is C15H24ClN5O. The van der Waals surface area contributed by atoms with Crippen molar-refractivity contribution in [1.82, 2.24) is 19.9 Å². The van der Waals surface area contributed by atoms with Gasteiger partial charge in [-0.3, -0.25) is 4.68 Å². The fourth-order valence-corrected chi connectivity index (χ4v) is 2.89. The molecule has 7 heteroatoms. The van der Waals surface area contributed by atoms with Crippen LogP contribution in [0, 0.1) is 0 Å². The first-order chi connectivity index (χ1) is 10.0. The van der Waals surface area contributed by atoms with Crippen molar-refractivity contribution in [3.05, 3.63) is 17.6 Å². The minimum atomic E-state index is -0.417. The zero-order valence-corrected chi connectivity index (χ0v) is 14.2. The van der Waals surface area contributed by atoms with Gasteiger partial charge in [0.15, 0.2) is 5.82 Å². The van der Waals surface area contributed by atoms with E-state index < -0.39 is 5.54 Å². The Bertz CT molecular complexity index is 628. The molecule has 0 aliphatic heterocycles. The van der Waals surface area contributed by atoms with Gasteiger partial charge in [0, 0.05) is 6.54 Å². The van der Waals surface area contributed by atoms with Crippen LogP contribution in [-0.2, 0) is 12.1 Å². The van der Waals surface area contributed by atoms with Gasteiger partial charge in [0.1, 0.15) is 5.69 Å². The van der Waals surface area contributed by atoms with E-state index in [9.17, 15) is 0 Å². The third-order valence-corrected chi connectivity index (χ3v) is 4.28. The second-order valence-electron chi connectivity index (χ2n) is 6.21. The van der Waals surface area contributed by atoms with E-state index in [0.717, 1.165) is 43.6 Å². The molecule has 0 unspecified atom stereocenters. The Morgan fingerprint density at radius 2 is 2.05 bits per heavy atom. The maximum absolute atomic E-state index is 6.39. The fraction of sp³-hybridized carbons (Fsp3) is 0.667. The van der Waals surface area contributed by atoms with Gasteiger partial charge in [-0.1, -0.05) is 31.8 Å². The molecule has 0 atom stereocenters. The molecule has 0 bridgehead atoms. The molecule has 0 spiro atoms. The molecule has 2 aromatic heterocycles. The lowest BCUT2D eigenvalue weighted by molar-refractivity contribution is 0.371. The third-order valence-electron chi connectivity index (χ3n) is 4.28. The van der Waals surface area contributed by atoms with E-state index >= 15 is 0 Å². The molecular weight excluding hydrogens is 302 g/mol. The summed E-state index contributed by atoms with van der Waals surface area (Å²) in [4.78, 5) is 4.55. The molecule has 3 rings (SSSR count). The van der Waals surface area contributed by atoms with E-state index in [0.29, 0.717) is 17.6 Å². The molecule has 122 valence electrons. The average Bonchev–Trinajstić information content (AvgIpc) is 3.16. The van der Waals surface area contributed by atoms with Gasteiger partial charge in [0.25, 0.3) is 5.89 Å². The summed E-state index contributed by atoms with van der Waals surface area (Å²) in [6.07, 6.45) is 4.11. The van der Waals surface area contributed by atoms with Crippen molar-refractivity contribution in [3.63, 3.8) is 0 Å². The first kappa shape index (κ1) is 17.0. The van der Waals surface area contributed by atoms with E-state index in [1.54, 1.807) is 0 Å². The van der Waals surface area contributed by atoms with Gasteiger partial charge in [0.2, 0.25) is 0 Å². The van der Waals surface area contributed by atoms with Crippen molar-refractivity contribution in [1.29, 1.82) is 0 Å². The summed E-state index contributed by atoms with van der Waals surface area (Å²) in [5, 5.41) is 8.71. The maximum atomic E-state index is 6.39. The monoisotopic (exact) mass is 325 g/mol. The largest absolute Gasteiger partial charge is 0.332 e. The smallest absolute Gasteiger partial charge is 0.276 e. The average molecular weight is 326 g/mol. The highest BCUT2D eigenvalue weighted by atomic mass is 35.5. The molecule has 0 aromatic carbocycles. The van der Waals surface area contributed by atoms with Crippen molar-refractivity contribution in [2.75, 3.05) is 0 Å². The predicted octanol–water partition coefficient (Wildman–Crippen LogP) is 3.23. The number of hydrogen-bond donors (Lipinski definition) is 1. The Morgan fingerprint density at radius 3 is 2.64 bits per heavy atom. The minimum absolute atomic E-state index is 0. The van der Waals surface area contributed by atoms with Crippen molar-refractivity contribution in [2.45, 2.75) is 64.5 Å². The molecule has 1 aliphatic rings. The van der Waals surface area contributed by atoms with Crippen LogP contribution in [0.15, 0.2) is 10.6 Å². The zero-order valence-electron chi connectivity index (χ0n) is 13.4. The molecule has 2 N–H and O–H groups in total. The maximum Gasteiger partial charge on any atom is 0.276 e. The summed E-state index contributed by atoms with van der Waals surface area (Å²) in [7, 11) is 0. The Balaban J connectivity index is 0.00000176. The quantitative estimate of drug-likeness (QED) is 0.933. The molecule has 1 saturated carbocycles. The van der Waals surface area contributed by atoms with Crippen LogP contribution in [0.1, 0.15) is 63.9 Å². The summed E-state index contributed by atoms with van der Waals surface area (Å²) in [5.74, 6) is 1.52. The third kappa shape index (κ3) is 2.90. The summed E-state index contributed by atoms with van der Waals surface area (Å²) in [6, 6.07) is 2.03. The molecule has 1 fully saturated rings. The number of rotatable bonds is 4. The Kier molecular flexibility index (Phi) is 4.92. The minimum Gasteiger partial charge on any atom is -0.332 e. The van der Waals surface area contributed by atoms with Crippen LogP contribution in [0.25, 0.3) is 11.6 Å². The molecule has 1 aliphatic carbocycles. The molecule has 2 heterocycles. The first-order valence-corrected chi connectivity index (χ1v) is 7.74. The lowest BCUT2D eigenvalue weighted by Gasteiger charge is -2.17. The molecule has 0 saturated heterocycles. The van der Waals surface area contributed by atoms with Crippen LogP contribution in [0.2, 0.25) is 0 Å². The van der Waals surface area contributed by atoms with Gasteiger partial charge in [0.05, 0.1) is 11.2 Å². The van der Waals surface area contributed by atoms with Crippen molar-refractivity contribution in [3.8, 4) is 11.6 Å². The van der Waals surface area contributed by atoms with Crippen LogP contribution in [0.5, 0.6) is 0 Å². The van der Waals surface area contributed by atoms with E-state index in [1.807, 2.05) is 10.7 Å². The summed E-state index contributed by atoms with van der Waals surface area (Å²) >= 11 is 0. The van der Waals surface area contributed by atoms with Crippen LogP contribution < -0.4 is 5.73 Å². The lowest BCUT2D eigenvalue weighted by Crippen LogP contribution is -2.34. The molecule has 2 aromatic rings. The molecule has 0 radical (unpaired) electrons. The van der Waals surface area contributed by atoms with Crippen molar-refractivity contribution in [2.24, 2.45) is 5.73 Å². The van der Waals surface area contributed by atoms with Crippen molar-refractivity contribution < 1.29 is 4.52 Å². The van der Waals surface area contributed by atoms with Crippen LogP contribution >= 0.6 is 12.4 Å². The van der Waals surface area contributed by atoms with Gasteiger partial charge in [-0.15, -0.1) is 12.4 Å². The normalized spacial score (nSPS) is 17.0. The number of hydrogen-bond acceptors (Lipinski definition) is 5. The number of aryl methyl sites for hydroxylation is 1. The highest BCUT2D eigenvalue weighted by Crippen LogP contribution is 2.35. The fourth-order valence-electron chi connectivity index (χ4n) is 2.89. The second kappa shape index (κ2) is 6.38. The number of aromatic nitrogens is 4. The van der Waals surface area contributed by atoms with Gasteiger partial charge >= 0.3 is 0 Å². The van der Waals surface area contributed by atoms with Crippen LogP contribution in [0.4, 0.5) is 0 Å². The van der Waals surface area contributed by atoms with E-state index in [4.69, 9.17) is 10.3 Å². The Morgan fingerprint density at radius 1 is 1.36 bits per heavy atom. The van der Waals surface area contributed by atoms with Crippen molar-refractivity contribution >= 4 is 12.4 Å². The van der Waals surface area contributed by atoms with Crippen LogP contribution in [0.3, 0.4) is 0 Å².